The van der Waals surface area contributed by atoms with E-state index in [1.165, 1.54) is 30.6 Å². The van der Waals surface area contributed by atoms with E-state index in [4.69, 9.17) is 4.74 Å². The molecule has 112 valence electrons. The molecule has 1 aromatic heterocycles. The third kappa shape index (κ3) is 3.51. The first-order chi connectivity index (χ1) is 9.83. The van der Waals surface area contributed by atoms with E-state index in [0.29, 0.717) is 11.3 Å². The zero-order chi connectivity index (χ0) is 15.6. The summed E-state index contributed by atoms with van der Waals surface area (Å²) in [6.07, 6.45) is 0. The lowest BCUT2D eigenvalue weighted by atomic mass is 10.2. The molecule has 21 heavy (non-hydrogen) atoms. The summed E-state index contributed by atoms with van der Waals surface area (Å²) >= 11 is 1.49. The van der Waals surface area contributed by atoms with E-state index >= 15 is 0 Å². The zero-order valence-corrected chi connectivity index (χ0v) is 13.7. The molecule has 0 radical (unpaired) electrons. The normalized spacial score (nSPS) is 11.4. The van der Waals surface area contributed by atoms with Gasteiger partial charge < -0.3 is 4.74 Å². The summed E-state index contributed by atoms with van der Waals surface area (Å²) in [5, 5.41) is 0. The van der Waals surface area contributed by atoms with E-state index < -0.39 is 15.6 Å². The Bertz CT molecular complexity index is 773. The van der Waals surface area contributed by atoms with Gasteiger partial charge in [0.25, 0.3) is 0 Å². The number of hydrogen-bond donors (Lipinski definition) is 0. The molecule has 0 fully saturated rings. The smallest absolute Gasteiger partial charge is 0.185 e. The Labute approximate surface area is 128 Å². The van der Waals surface area contributed by atoms with Crippen LogP contribution >= 0.6 is 11.3 Å². The molecule has 1 heterocycles. The lowest BCUT2D eigenvalue weighted by Gasteiger charge is -2.06. The summed E-state index contributed by atoms with van der Waals surface area (Å²) in [5.41, 5.74) is 0.490. The molecule has 0 spiro atoms. The summed E-state index contributed by atoms with van der Waals surface area (Å²) in [5.74, 6) is -0.456. The molecule has 0 aliphatic rings. The molecule has 0 atom stereocenters. The Kier molecular flexibility index (Phi) is 4.49. The van der Waals surface area contributed by atoms with Crippen LogP contribution in [0.1, 0.15) is 20.1 Å². The molecule has 0 aliphatic heterocycles. The van der Waals surface area contributed by atoms with E-state index in [1.54, 1.807) is 18.2 Å². The van der Waals surface area contributed by atoms with Crippen LogP contribution in [0, 0.1) is 13.8 Å². The maximum absolute atomic E-state index is 12.3. The molecular formula is C15H16O4S2. The number of methoxy groups -OCH3 is 1. The van der Waals surface area contributed by atoms with Crippen molar-refractivity contribution in [2.45, 2.75) is 18.7 Å². The maximum Gasteiger partial charge on any atom is 0.185 e. The highest BCUT2D eigenvalue weighted by atomic mass is 32.2. The number of carbonyl (C=O) groups excluding carboxylic acids is 1. The van der Waals surface area contributed by atoms with Crippen LogP contribution in [0.2, 0.25) is 0 Å². The van der Waals surface area contributed by atoms with Crippen molar-refractivity contribution in [1.29, 1.82) is 0 Å². The molecule has 0 amide bonds. The highest BCUT2D eigenvalue weighted by Crippen LogP contribution is 2.23. The van der Waals surface area contributed by atoms with Crippen molar-refractivity contribution in [3.8, 4) is 5.75 Å². The van der Waals surface area contributed by atoms with Gasteiger partial charge in [0, 0.05) is 15.3 Å². The fourth-order valence-corrected chi connectivity index (χ4v) is 4.23. The fraction of sp³-hybridized carbons (Fsp3) is 0.267. The zero-order valence-electron chi connectivity index (χ0n) is 12.0. The van der Waals surface area contributed by atoms with Gasteiger partial charge in [-0.15, -0.1) is 11.3 Å². The van der Waals surface area contributed by atoms with Gasteiger partial charge in [0.05, 0.1) is 12.0 Å². The second kappa shape index (κ2) is 5.99. The molecule has 0 saturated carbocycles. The second-order valence-corrected chi connectivity index (χ2v) is 8.14. The summed E-state index contributed by atoms with van der Waals surface area (Å²) < 4.78 is 29.7. The Morgan fingerprint density at radius 1 is 1.24 bits per heavy atom. The van der Waals surface area contributed by atoms with Crippen LogP contribution in [0.25, 0.3) is 0 Å². The number of sulfone groups is 1. The van der Waals surface area contributed by atoms with Gasteiger partial charge in [-0.05, 0) is 38.1 Å². The summed E-state index contributed by atoms with van der Waals surface area (Å²) in [4.78, 5) is 14.2. The average molecular weight is 324 g/mol. The van der Waals surface area contributed by atoms with Gasteiger partial charge in [-0.3, -0.25) is 4.79 Å². The third-order valence-corrected chi connectivity index (χ3v) is 5.64. The topological polar surface area (TPSA) is 60.4 Å². The van der Waals surface area contributed by atoms with Gasteiger partial charge in [-0.2, -0.15) is 0 Å². The van der Waals surface area contributed by atoms with E-state index in [-0.39, 0.29) is 10.7 Å². The number of hydrogen-bond acceptors (Lipinski definition) is 5. The molecule has 0 unspecified atom stereocenters. The number of ether oxygens (including phenoxy) is 1. The standard InChI is InChI=1S/C15H16O4S2/c1-10-7-14(11(2)20-10)15(16)9-21(17,18)13-6-4-5-12(8-13)19-3/h4-8H,9H2,1-3H3. The Hall–Kier alpha value is -1.66. The van der Waals surface area contributed by atoms with Crippen LogP contribution in [-0.4, -0.2) is 27.1 Å². The number of aryl methyl sites for hydroxylation is 2. The van der Waals surface area contributed by atoms with Crippen LogP contribution in [0.15, 0.2) is 35.2 Å². The summed E-state index contributed by atoms with van der Waals surface area (Å²) in [6, 6.07) is 7.89. The molecular weight excluding hydrogens is 308 g/mol. The fourth-order valence-electron chi connectivity index (χ4n) is 2.04. The SMILES string of the molecule is COc1cccc(S(=O)(=O)CC(=O)c2cc(C)sc2C)c1. The van der Waals surface area contributed by atoms with E-state index in [2.05, 4.69) is 0 Å². The monoisotopic (exact) mass is 324 g/mol. The van der Waals surface area contributed by atoms with Crippen LogP contribution in [-0.2, 0) is 9.84 Å². The molecule has 0 saturated heterocycles. The lowest BCUT2D eigenvalue weighted by molar-refractivity contribution is 0.102. The number of carbonyl (C=O) groups is 1. The van der Waals surface area contributed by atoms with Crippen LogP contribution < -0.4 is 4.74 Å². The van der Waals surface area contributed by atoms with E-state index in [0.717, 1.165) is 9.75 Å². The van der Waals surface area contributed by atoms with Crippen molar-refractivity contribution < 1.29 is 17.9 Å². The Balaban J connectivity index is 2.28. The van der Waals surface area contributed by atoms with Crippen molar-refractivity contribution in [3.05, 3.63) is 45.6 Å². The number of thiophene rings is 1. The first-order valence-electron chi connectivity index (χ1n) is 6.30. The van der Waals surface area contributed by atoms with E-state index in [9.17, 15) is 13.2 Å². The minimum absolute atomic E-state index is 0.0970. The molecule has 0 aliphatic carbocycles. The van der Waals surface area contributed by atoms with Crippen LogP contribution in [0.4, 0.5) is 0 Å². The number of Topliss-reactive ketones (excluding diaryl/α,β-unsaturated/α-hetero) is 1. The minimum Gasteiger partial charge on any atom is -0.497 e. The molecule has 0 N–H and O–H groups in total. The van der Waals surface area contributed by atoms with Crippen LogP contribution in [0.5, 0.6) is 5.75 Å². The van der Waals surface area contributed by atoms with Gasteiger partial charge in [-0.25, -0.2) is 8.42 Å². The van der Waals surface area contributed by atoms with Crippen molar-refractivity contribution >= 4 is 27.0 Å². The number of ketones is 1. The van der Waals surface area contributed by atoms with Gasteiger partial charge >= 0.3 is 0 Å². The van der Waals surface area contributed by atoms with Gasteiger partial charge in [0.15, 0.2) is 15.6 Å². The predicted molar refractivity (Wildman–Crippen MR) is 83.2 cm³/mol. The quantitative estimate of drug-likeness (QED) is 0.793. The molecule has 0 bridgehead atoms. The molecule has 6 heteroatoms. The molecule has 1 aromatic carbocycles. The predicted octanol–water partition coefficient (Wildman–Crippen LogP) is 3.03. The Morgan fingerprint density at radius 3 is 2.52 bits per heavy atom. The highest BCUT2D eigenvalue weighted by molar-refractivity contribution is 7.92. The maximum atomic E-state index is 12.3. The van der Waals surface area contributed by atoms with Crippen molar-refractivity contribution in [2.75, 3.05) is 12.9 Å². The summed E-state index contributed by atoms with van der Waals surface area (Å²) in [6.45, 7) is 3.72. The van der Waals surface area contributed by atoms with Gasteiger partial charge in [0.1, 0.15) is 11.5 Å². The van der Waals surface area contributed by atoms with Gasteiger partial charge in [0.2, 0.25) is 0 Å². The first-order valence-corrected chi connectivity index (χ1v) is 8.77. The Morgan fingerprint density at radius 2 is 1.95 bits per heavy atom. The average Bonchev–Trinajstić information content (AvgIpc) is 2.77. The number of benzene rings is 1. The minimum atomic E-state index is -3.67. The molecule has 4 nitrogen and oxygen atoms in total. The largest absolute Gasteiger partial charge is 0.497 e. The highest BCUT2D eigenvalue weighted by Gasteiger charge is 2.22. The molecule has 2 aromatic rings. The third-order valence-electron chi connectivity index (χ3n) is 3.06. The molecule has 2 rings (SSSR count). The van der Waals surface area contributed by atoms with Gasteiger partial charge in [-0.1, -0.05) is 6.07 Å². The van der Waals surface area contributed by atoms with Crippen molar-refractivity contribution in [1.82, 2.24) is 0 Å². The lowest BCUT2D eigenvalue weighted by Crippen LogP contribution is -2.16. The van der Waals surface area contributed by atoms with Crippen LogP contribution in [0.3, 0.4) is 0 Å². The summed E-state index contributed by atoms with van der Waals surface area (Å²) in [7, 11) is -2.21. The number of rotatable bonds is 5. The van der Waals surface area contributed by atoms with Crippen molar-refractivity contribution in [2.24, 2.45) is 0 Å². The van der Waals surface area contributed by atoms with E-state index in [1.807, 2.05) is 13.8 Å². The first kappa shape index (κ1) is 15.7. The van der Waals surface area contributed by atoms with Crippen molar-refractivity contribution in [3.63, 3.8) is 0 Å². The second-order valence-electron chi connectivity index (χ2n) is 4.69.